The first-order valence-electron chi connectivity index (χ1n) is 5.45. The number of pyridine rings is 1. The standard InChI is InChI=1S/C14H14N2O/c1-10-2-3-13(15)12(8-10)14(17)9-11-4-6-16-7-5-11/h2-8H,9,15H2,1H3. The Kier molecular flexibility index (Phi) is 3.19. The minimum Gasteiger partial charge on any atom is -0.398 e. The van der Waals surface area contributed by atoms with Crippen molar-refractivity contribution in [2.24, 2.45) is 0 Å². The first kappa shape index (κ1) is 11.3. The van der Waals surface area contributed by atoms with Gasteiger partial charge in [0, 0.05) is 30.1 Å². The molecule has 0 spiro atoms. The third-order valence-corrected chi connectivity index (χ3v) is 2.62. The summed E-state index contributed by atoms with van der Waals surface area (Å²) in [5, 5.41) is 0. The van der Waals surface area contributed by atoms with Crippen LogP contribution in [0.5, 0.6) is 0 Å². The van der Waals surface area contributed by atoms with E-state index in [1.807, 2.05) is 31.2 Å². The molecule has 0 atom stereocenters. The molecule has 1 heterocycles. The number of rotatable bonds is 3. The third kappa shape index (κ3) is 2.69. The van der Waals surface area contributed by atoms with Crippen LogP contribution in [-0.2, 0) is 6.42 Å². The van der Waals surface area contributed by atoms with Gasteiger partial charge in [-0.25, -0.2) is 0 Å². The number of anilines is 1. The number of aromatic nitrogens is 1. The van der Waals surface area contributed by atoms with Crippen molar-refractivity contribution in [2.45, 2.75) is 13.3 Å². The lowest BCUT2D eigenvalue weighted by Gasteiger charge is -2.06. The molecule has 0 saturated carbocycles. The van der Waals surface area contributed by atoms with Gasteiger partial charge in [-0.15, -0.1) is 0 Å². The molecular formula is C14H14N2O. The van der Waals surface area contributed by atoms with Gasteiger partial charge in [-0.2, -0.15) is 0 Å². The summed E-state index contributed by atoms with van der Waals surface area (Å²) in [5.74, 6) is 0.0393. The van der Waals surface area contributed by atoms with Gasteiger partial charge in [-0.3, -0.25) is 9.78 Å². The molecule has 17 heavy (non-hydrogen) atoms. The predicted octanol–water partition coefficient (Wildman–Crippen LogP) is 2.40. The largest absolute Gasteiger partial charge is 0.398 e. The highest BCUT2D eigenvalue weighted by atomic mass is 16.1. The normalized spacial score (nSPS) is 10.2. The SMILES string of the molecule is Cc1ccc(N)c(C(=O)Cc2ccncc2)c1. The topological polar surface area (TPSA) is 56.0 Å². The van der Waals surface area contributed by atoms with Crippen molar-refractivity contribution in [3.8, 4) is 0 Å². The van der Waals surface area contributed by atoms with Crippen LogP contribution in [0, 0.1) is 6.92 Å². The van der Waals surface area contributed by atoms with Crippen LogP contribution in [0.3, 0.4) is 0 Å². The summed E-state index contributed by atoms with van der Waals surface area (Å²) in [6.45, 7) is 1.95. The van der Waals surface area contributed by atoms with Gasteiger partial charge < -0.3 is 5.73 Å². The zero-order valence-corrected chi connectivity index (χ0v) is 9.68. The molecule has 0 fully saturated rings. The van der Waals surface area contributed by atoms with E-state index >= 15 is 0 Å². The highest BCUT2D eigenvalue weighted by Crippen LogP contribution is 2.16. The molecule has 3 nitrogen and oxygen atoms in total. The van der Waals surface area contributed by atoms with E-state index in [2.05, 4.69) is 4.98 Å². The van der Waals surface area contributed by atoms with Crippen LogP contribution >= 0.6 is 0 Å². The molecule has 0 amide bonds. The maximum atomic E-state index is 12.1. The number of Topliss-reactive ketones (excluding diaryl/α,β-unsaturated/α-hetero) is 1. The number of benzene rings is 1. The lowest BCUT2D eigenvalue weighted by atomic mass is 10.0. The fourth-order valence-corrected chi connectivity index (χ4v) is 1.69. The minimum absolute atomic E-state index is 0.0393. The lowest BCUT2D eigenvalue weighted by molar-refractivity contribution is 0.0993. The summed E-state index contributed by atoms with van der Waals surface area (Å²) in [4.78, 5) is 16.0. The summed E-state index contributed by atoms with van der Waals surface area (Å²) in [5.41, 5.74) is 8.94. The maximum absolute atomic E-state index is 12.1. The second-order valence-electron chi connectivity index (χ2n) is 4.05. The first-order valence-corrected chi connectivity index (χ1v) is 5.45. The van der Waals surface area contributed by atoms with E-state index in [9.17, 15) is 4.79 Å². The minimum atomic E-state index is 0.0393. The van der Waals surface area contributed by atoms with Crippen molar-refractivity contribution >= 4 is 11.5 Å². The Balaban J connectivity index is 2.23. The highest BCUT2D eigenvalue weighted by Gasteiger charge is 2.10. The van der Waals surface area contributed by atoms with E-state index in [0.717, 1.165) is 11.1 Å². The Morgan fingerprint density at radius 1 is 1.24 bits per heavy atom. The molecule has 0 aliphatic carbocycles. The molecule has 1 aromatic heterocycles. The Hall–Kier alpha value is -2.16. The third-order valence-electron chi connectivity index (χ3n) is 2.62. The second kappa shape index (κ2) is 4.78. The van der Waals surface area contributed by atoms with E-state index < -0.39 is 0 Å². The summed E-state index contributed by atoms with van der Waals surface area (Å²) in [6, 6.07) is 9.18. The van der Waals surface area contributed by atoms with Gasteiger partial charge in [0.05, 0.1) is 0 Å². The Bertz CT molecular complexity index is 535. The summed E-state index contributed by atoms with van der Waals surface area (Å²) in [7, 11) is 0. The Labute approximate surface area is 100 Å². The molecule has 0 unspecified atom stereocenters. The van der Waals surface area contributed by atoms with Crippen LogP contribution in [0.4, 0.5) is 5.69 Å². The maximum Gasteiger partial charge on any atom is 0.169 e. The van der Waals surface area contributed by atoms with Crippen molar-refractivity contribution in [3.63, 3.8) is 0 Å². The van der Waals surface area contributed by atoms with Gasteiger partial charge in [-0.05, 0) is 36.8 Å². The predicted molar refractivity (Wildman–Crippen MR) is 67.9 cm³/mol. The quantitative estimate of drug-likeness (QED) is 0.645. The van der Waals surface area contributed by atoms with E-state index in [1.165, 1.54) is 0 Å². The van der Waals surface area contributed by atoms with Gasteiger partial charge in [-0.1, -0.05) is 11.6 Å². The second-order valence-corrected chi connectivity index (χ2v) is 4.05. The smallest absolute Gasteiger partial charge is 0.169 e. The van der Waals surface area contributed by atoms with Gasteiger partial charge in [0.15, 0.2) is 5.78 Å². The fourth-order valence-electron chi connectivity index (χ4n) is 1.69. The number of aryl methyl sites for hydroxylation is 1. The first-order chi connectivity index (χ1) is 8.16. The monoisotopic (exact) mass is 226 g/mol. The van der Waals surface area contributed by atoms with Crippen molar-refractivity contribution in [1.82, 2.24) is 4.98 Å². The summed E-state index contributed by atoms with van der Waals surface area (Å²) < 4.78 is 0. The van der Waals surface area contributed by atoms with Gasteiger partial charge in [0.2, 0.25) is 0 Å². The molecule has 0 bridgehead atoms. The summed E-state index contributed by atoms with van der Waals surface area (Å²) >= 11 is 0. The fraction of sp³-hybridized carbons (Fsp3) is 0.143. The number of hydrogen-bond donors (Lipinski definition) is 1. The molecule has 86 valence electrons. The Morgan fingerprint density at radius 2 is 1.94 bits per heavy atom. The zero-order valence-electron chi connectivity index (χ0n) is 9.68. The number of nitrogens with two attached hydrogens (primary N) is 1. The summed E-state index contributed by atoms with van der Waals surface area (Å²) in [6.07, 6.45) is 3.72. The van der Waals surface area contributed by atoms with E-state index in [4.69, 9.17) is 5.73 Å². The number of nitrogens with zero attached hydrogens (tertiary/aromatic N) is 1. The lowest BCUT2D eigenvalue weighted by Crippen LogP contribution is -2.07. The van der Waals surface area contributed by atoms with Gasteiger partial charge in [0.25, 0.3) is 0 Å². The zero-order chi connectivity index (χ0) is 12.3. The van der Waals surface area contributed by atoms with Crippen LogP contribution in [0.1, 0.15) is 21.5 Å². The number of ketones is 1. The van der Waals surface area contributed by atoms with Crippen molar-refractivity contribution < 1.29 is 4.79 Å². The Morgan fingerprint density at radius 3 is 2.65 bits per heavy atom. The van der Waals surface area contributed by atoms with E-state index in [1.54, 1.807) is 18.5 Å². The van der Waals surface area contributed by atoms with Crippen molar-refractivity contribution in [3.05, 3.63) is 59.4 Å². The van der Waals surface area contributed by atoms with Crippen molar-refractivity contribution in [2.75, 3.05) is 5.73 Å². The average Bonchev–Trinajstić information content (AvgIpc) is 2.33. The molecular weight excluding hydrogens is 212 g/mol. The molecule has 1 aromatic carbocycles. The average molecular weight is 226 g/mol. The van der Waals surface area contributed by atoms with Crippen LogP contribution in [0.25, 0.3) is 0 Å². The molecule has 3 heteroatoms. The van der Waals surface area contributed by atoms with E-state index in [0.29, 0.717) is 17.7 Å². The molecule has 0 radical (unpaired) electrons. The molecule has 0 saturated heterocycles. The number of carbonyl (C=O) groups is 1. The van der Waals surface area contributed by atoms with Crippen LogP contribution < -0.4 is 5.73 Å². The van der Waals surface area contributed by atoms with Crippen LogP contribution in [0.2, 0.25) is 0 Å². The number of carbonyl (C=O) groups excluding carboxylic acids is 1. The van der Waals surface area contributed by atoms with E-state index in [-0.39, 0.29) is 5.78 Å². The van der Waals surface area contributed by atoms with Crippen LogP contribution in [0.15, 0.2) is 42.7 Å². The molecule has 2 aromatic rings. The molecule has 0 aliphatic rings. The molecule has 2 rings (SSSR count). The van der Waals surface area contributed by atoms with Crippen molar-refractivity contribution in [1.29, 1.82) is 0 Å². The van der Waals surface area contributed by atoms with Gasteiger partial charge in [0.1, 0.15) is 0 Å². The number of hydrogen-bond acceptors (Lipinski definition) is 3. The highest BCUT2D eigenvalue weighted by molar-refractivity contribution is 6.02. The van der Waals surface area contributed by atoms with Crippen LogP contribution in [-0.4, -0.2) is 10.8 Å². The van der Waals surface area contributed by atoms with Gasteiger partial charge >= 0.3 is 0 Å². The molecule has 0 aliphatic heterocycles. The number of nitrogen functional groups attached to an aromatic ring is 1. The molecule has 2 N–H and O–H groups in total.